The molecule has 0 bridgehead atoms. The van der Waals surface area contributed by atoms with Crippen LogP contribution in [0.1, 0.15) is 46.3 Å². The minimum absolute atomic E-state index is 0.0304. The van der Waals surface area contributed by atoms with E-state index in [1.165, 1.54) is 19.3 Å². The Balaban J connectivity index is 1.50. The highest BCUT2D eigenvalue weighted by atomic mass is 31.1. The maximum absolute atomic E-state index is 12.8. The number of nitrogens with zero attached hydrogens (tertiary/aromatic N) is 4. The van der Waals surface area contributed by atoms with Gasteiger partial charge in [-0.3, -0.25) is 9.88 Å². The molecular formula is C22H30N6O10P2+2. The van der Waals surface area contributed by atoms with Gasteiger partial charge < -0.3 is 19.5 Å². The summed E-state index contributed by atoms with van der Waals surface area (Å²) in [6.45, 7) is 8.02. The first-order valence-electron chi connectivity index (χ1n) is 12.4. The highest BCUT2D eigenvalue weighted by Crippen LogP contribution is 2.44. The maximum Gasteiger partial charge on any atom is 0.555 e. The largest absolute Gasteiger partial charge is 0.555 e. The minimum atomic E-state index is -2.32. The van der Waals surface area contributed by atoms with Gasteiger partial charge in [0, 0.05) is 0 Å². The highest BCUT2D eigenvalue weighted by Gasteiger charge is 2.55. The van der Waals surface area contributed by atoms with Crippen molar-refractivity contribution in [1.82, 2.24) is 24.8 Å². The first kappa shape index (κ1) is 29.8. The molecule has 0 aromatic carbocycles. The molecule has 16 nitrogen and oxygen atoms in total. The van der Waals surface area contributed by atoms with Crippen molar-refractivity contribution < 1.29 is 46.8 Å². The number of anilines is 1. The van der Waals surface area contributed by atoms with Gasteiger partial charge >= 0.3 is 34.0 Å². The van der Waals surface area contributed by atoms with Crippen LogP contribution in [0.15, 0.2) is 12.7 Å². The van der Waals surface area contributed by atoms with E-state index in [0.717, 1.165) is 6.66 Å². The number of hydrogen-bond donors (Lipinski definition) is 2. The Morgan fingerprint density at radius 3 is 2.48 bits per heavy atom. The molecule has 2 fully saturated rings. The van der Waals surface area contributed by atoms with Crippen LogP contribution in [0.2, 0.25) is 0 Å². The first-order chi connectivity index (χ1) is 18.9. The molecule has 2 aliphatic heterocycles. The average molecular weight is 600 g/mol. The van der Waals surface area contributed by atoms with Crippen molar-refractivity contribution in [1.29, 1.82) is 0 Å². The third-order valence-electron chi connectivity index (χ3n) is 6.07. The van der Waals surface area contributed by atoms with Crippen LogP contribution in [-0.4, -0.2) is 81.0 Å². The molecule has 2 saturated heterocycles. The van der Waals surface area contributed by atoms with E-state index < -0.39 is 58.2 Å². The summed E-state index contributed by atoms with van der Waals surface area (Å²) in [6.07, 6.45) is 1.32. The molecule has 2 unspecified atom stereocenters. The van der Waals surface area contributed by atoms with Gasteiger partial charge in [-0.05, 0) is 35.8 Å². The van der Waals surface area contributed by atoms with Gasteiger partial charge in [0.15, 0.2) is 42.3 Å². The molecule has 2 amide bonds. The highest BCUT2D eigenvalue weighted by molar-refractivity contribution is 7.39. The topological polar surface area (TPSA) is 199 Å². The van der Waals surface area contributed by atoms with Gasteiger partial charge in [-0.15, -0.1) is 0 Å². The Morgan fingerprint density at radius 1 is 1.10 bits per heavy atom. The normalized spacial score (nSPS) is 24.6. The molecule has 2 N–H and O–H groups in total. The Hall–Kier alpha value is -3.16. The third-order valence-corrected chi connectivity index (χ3v) is 6.97. The third kappa shape index (κ3) is 6.76. The minimum Gasteiger partial charge on any atom is -0.349 e. The van der Waals surface area contributed by atoms with Gasteiger partial charge in [0.25, 0.3) is 0 Å². The van der Waals surface area contributed by atoms with Crippen molar-refractivity contribution in [3.05, 3.63) is 12.7 Å². The van der Waals surface area contributed by atoms with Crippen molar-refractivity contribution in [2.45, 2.75) is 76.4 Å². The molecule has 0 spiro atoms. The van der Waals surface area contributed by atoms with E-state index in [9.17, 15) is 23.5 Å². The van der Waals surface area contributed by atoms with E-state index in [2.05, 4.69) is 30.1 Å². The number of nitrogens with one attached hydrogen (secondary N) is 2. The number of fused-ring (bicyclic) bond motifs is 2. The lowest BCUT2D eigenvalue weighted by Crippen LogP contribution is -2.43. The number of hydrogen-bond acceptors (Lipinski definition) is 13. The maximum atomic E-state index is 12.8. The Kier molecular flexibility index (Phi) is 9.06. The Bertz CT molecular complexity index is 1340. The number of ether oxygens (including phenoxy) is 3. The molecule has 4 heterocycles. The quantitative estimate of drug-likeness (QED) is 0.378. The summed E-state index contributed by atoms with van der Waals surface area (Å²) in [5.41, 5.74) is 0.594. The summed E-state index contributed by atoms with van der Waals surface area (Å²) in [4.78, 5) is 49.8. The summed E-state index contributed by atoms with van der Waals surface area (Å²) < 4.78 is 51.9. The van der Waals surface area contributed by atoms with E-state index in [1.54, 1.807) is 4.57 Å². The molecule has 0 radical (unpaired) electrons. The zero-order valence-corrected chi connectivity index (χ0v) is 24.2. The monoisotopic (exact) mass is 600 g/mol. The molecule has 216 valence electrons. The molecule has 4 rings (SSSR count). The summed E-state index contributed by atoms with van der Waals surface area (Å²) in [5.74, 6) is -2.61. The molecule has 18 heteroatoms. The lowest BCUT2D eigenvalue weighted by Gasteiger charge is -2.24. The van der Waals surface area contributed by atoms with Gasteiger partial charge in [0.2, 0.25) is 0 Å². The van der Waals surface area contributed by atoms with Crippen LogP contribution >= 0.6 is 16.1 Å². The van der Waals surface area contributed by atoms with Crippen LogP contribution in [0, 0.1) is 0 Å². The van der Waals surface area contributed by atoms with E-state index >= 15 is 0 Å². The van der Waals surface area contributed by atoms with Crippen LogP contribution in [0.4, 0.5) is 10.6 Å². The van der Waals surface area contributed by atoms with Crippen LogP contribution in [0.5, 0.6) is 0 Å². The molecule has 2 aromatic rings. The molecule has 40 heavy (non-hydrogen) atoms. The zero-order chi connectivity index (χ0) is 29.2. The van der Waals surface area contributed by atoms with Gasteiger partial charge in [0.05, 0.1) is 18.9 Å². The average Bonchev–Trinajstić information content (AvgIpc) is 3.51. The van der Waals surface area contributed by atoms with Crippen molar-refractivity contribution in [2.24, 2.45) is 0 Å². The predicted molar refractivity (Wildman–Crippen MR) is 138 cm³/mol. The van der Waals surface area contributed by atoms with Crippen LogP contribution < -0.4 is 10.6 Å². The number of urea groups is 1. The predicted octanol–water partition coefficient (Wildman–Crippen LogP) is 2.75. The van der Waals surface area contributed by atoms with Crippen LogP contribution in [0.3, 0.4) is 0 Å². The Labute approximate surface area is 230 Å². The molecular weight excluding hydrogens is 570 g/mol. The molecule has 0 aliphatic carbocycles. The van der Waals surface area contributed by atoms with Crippen LogP contribution in [-0.2, 0) is 42.0 Å². The fourth-order valence-corrected chi connectivity index (χ4v) is 5.29. The van der Waals surface area contributed by atoms with Crippen molar-refractivity contribution in [3.8, 4) is 0 Å². The fraction of sp³-hybridized carbons (Fsp3) is 0.636. The Morgan fingerprint density at radius 2 is 1.80 bits per heavy atom. The second-order valence-corrected chi connectivity index (χ2v) is 11.7. The molecule has 2 aromatic heterocycles. The SMILES string of the molecule is CC[C@H]1O[C@@H](n2cnc3c(NC(=O)N[C@@H](CCC(=O)O[P+](C)=O)C(=O)O[P+](C)=O)ncnc32)[C@@H]2OC(C)(C)O[C@@H]21. The molecule has 0 saturated carbocycles. The second kappa shape index (κ2) is 12.1. The lowest BCUT2D eigenvalue weighted by molar-refractivity contribution is -0.196. The lowest BCUT2D eigenvalue weighted by atomic mass is 10.1. The second-order valence-electron chi connectivity index (χ2n) is 9.53. The molecule has 7 atom stereocenters. The summed E-state index contributed by atoms with van der Waals surface area (Å²) in [6, 6.07) is -2.25. The van der Waals surface area contributed by atoms with Gasteiger partial charge in [-0.1, -0.05) is 6.92 Å². The van der Waals surface area contributed by atoms with Gasteiger partial charge in [0.1, 0.15) is 24.6 Å². The van der Waals surface area contributed by atoms with E-state index in [0.29, 0.717) is 12.1 Å². The van der Waals surface area contributed by atoms with Gasteiger partial charge in [-0.2, -0.15) is 0 Å². The van der Waals surface area contributed by atoms with Crippen molar-refractivity contribution >= 4 is 51.0 Å². The van der Waals surface area contributed by atoms with Crippen LogP contribution in [0.25, 0.3) is 11.2 Å². The number of amides is 2. The number of aromatic nitrogens is 4. The number of carbonyl (C=O) groups excluding carboxylic acids is 3. The fourth-order valence-electron chi connectivity index (χ4n) is 4.53. The first-order valence-corrected chi connectivity index (χ1v) is 15.6. The van der Waals surface area contributed by atoms with Crippen molar-refractivity contribution in [2.75, 3.05) is 18.6 Å². The summed E-state index contributed by atoms with van der Waals surface area (Å²) in [7, 11) is -4.51. The van der Waals surface area contributed by atoms with Gasteiger partial charge in [-0.25, -0.2) is 38.4 Å². The molecule has 2 aliphatic rings. The van der Waals surface area contributed by atoms with Crippen molar-refractivity contribution in [3.63, 3.8) is 0 Å². The smallest absolute Gasteiger partial charge is 0.349 e. The zero-order valence-electron chi connectivity index (χ0n) is 22.4. The summed E-state index contributed by atoms with van der Waals surface area (Å²) in [5, 5.41) is 4.88. The standard InChI is InChI=1S/C22H29N6O10P2/c1-6-12-15-16(36-22(2,3)35-15)19(34-12)28-10-25-14-17(23-9-24-18(14)28)27-21(31)26-11(20(30)38-40(5)33)7-8-13(29)37-39(4)32/h9-12,15-16,19H,6-8H2,1-5H3,(H-,23,24,26,27,31)/q+1/p+1/t11-,12+,15+,16+,19+/m0/s1. The number of imidazole rings is 1. The number of carbonyl (C=O) groups is 3. The van der Waals surface area contributed by atoms with E-state index in [4.69, 9.17) is 18.7 Å². The van der Waals surface area contributed by atoms with E-state index in [1.807, 2.05) is 20.8 Å². The summed E-state index contributed by atoms with van der Waals surface area (Å²) >= 11 is 0. The van der Waals surface area contributed by atoms with E-state index in [-0.39, 0.29) is 36.4 Å². The number of rotatable bonds is 10.